The van der Waals surface area contributed by atoms with Gasteiger partial charge in [0.1, 0.15) is 0 Å². The van der Waals surface area contributed by atoms with Gasteiger partial charge in [0.05, 0.1) is 16.5 Å². The van der Waals surface area contributed by atoms with Gasteiger partial charge in [-0.15, -0.1) is 11.3 Å². The molecule has 1 heterocycles. The van der Waals surface area contributed by atoms with Crippen molar-refractivity contribution in [1.29, 1.82) is 0 Å². The molecule has 2 atom stereocenters. The zero-order valence-electron chi connectivity index (χ0n) is 9.71. The van der Waals surface area contributed by atoms with Gasteiger partial charge < -0.3 is 10.8 Å². The van der Waals surface area contributed by atoms with E-state index in [-0.39, 0.29) is 5.92 Å². The molecule has 3 nitrogen and oxygen atoms in total. The number of aromatic nitrogens is 1. The number of benzene rings is 1. The Morgan fingerprint density at radius 2 is 2.29 bits per heavy atom. The molecule has 2 rings (SSSR count). The Kier molecular flexibility index (Phi) is 3.89. The van der Waals surface area contributed by atoms with E-state index in [4.69, 9.17) is 5.73 Å². The lowest BCUT2D eigenvalue weighted by molar-refractivity contribution is 0.151. The van der Waals surface area contributed by atoms with Gasteiger partial charge in [0, 0.05) is 18.7 Å². The summed E-state index contributed by atoms with van der Waals surface area (Å²) in [5.74, 6) is -0.0738. The number of nitrogens with two attached hydrogens (primary N) is 1. The van der Waals surface area contributed by atoms with Gasteiger partial charge in [-0.2, -0.15) is 0 Å². The quantitative estimate of drug-likeness (QED) is 0.872. The molecule has 17 heavy (non-hydrogen) atoms. The van der Waals surface area contributed by atoms with Crippen molar-refractivity contribution in [3.63, 3.8) is 0 Å². The number of aliphatic hydroxyl groups excluding tert-OH is 1. The SMILES string of the molecule is Cc1cccc(C(CN)C(O)c2cncs2)c1. The van der Waals surface area contributed by atoms with Gasteiger partial charge in [0.2, 0.25) is 0 Å². The maximum Gasteiger partial charge on any atom is 0.0978 e. The zero-order valence-corrected chi connectivity index (χ0v) is 10.5. The van der Waals surface area contributed by atoms with E-state index in [2.05, 4.69) is 11.1 Å². The second kappa shape index (κ2) is 5.40. The van der Waals surface area contributed by atoms with Crippen LogP contribution in [0.2, 0.25) is 0 Å². The van der Waals surface area contributed by atoms with Crippen molar-refractivity contribution in [2.24, 2.45) is 5.73 Å². The highest BCUT2D eigenvalue weighted by atomic mass is 32.1. The van der Waals surface area contributed by atoms with E-state index < -0.39 is 6.10 Å². The molecule has 2 unspecified atom stereocenters. The number of thiazole rings is 1. The maximum atomic E-state index is 10.3. The van der Waals surface area contributed by atoms with Crippen LogP contribution in [-0.2, 0) is 0 Å². The van der Waals surface area contributed by atoms with Crippen molar-refractivity contribution in [1.82, 2.24) is 4.98 Å². The minimum atomic E-state index is -0.575. The van der Waals surface area contributed by atoms with Gasteiger partial charge in [-0.1, -0.05) is 29.8 Å². The molecule has 0 fully saturated rings. The largest absolute Gasteiger partial charge is 0.387 e. The fraction of sp³-hybridized carbons (Fsp3) is 0.308. The van der Waals surface area contributed by atoms with E-state index in [0.717, 1.165) is 10.4 Å². The highest BCUT2D eigenvalue weighted by molar-refractivity contribution is 7.09. The van der Waals surface area contributed by atoms with Gasteiger partial charge in [-0.05, 0) is 12.5 Å². The normalized spacial score (nSPS) is 14.5. The van der Waals surface area contributed by atoms with Crippen molar-refractivity contribution in [2.75, 3.05) is 6.54 Å². The van der Waals surface area contributed by atoms with Crippen molar-refractivity contribution in [3.8, 4) is 0 Å². The van der Waals surface area contributed by atoms with Crippen LogP contribution in [-0.4, -0.2) is 16.6 Å². The molecule has 0 saturated carbocycles. The summed E-state index contributed by atoms with van der Waals surface area (Å²) in [5, 5.41) is 10.3. The van der Waals surface area contributed by atoms with Crippen LogP contribution in [0.25, 0.3) is 0 Å². The Morgan fingerprint density at radius 1 is 1.47 bits per heavy atom. The third-order valence-electron chi connectivity index (χ3n) is 2.85. The lowest BCUT2D eigenvalue weighted by Crippen LogP contribution is -2.19. The standard InChI is InChI=1S/C13H16N2OS/c1-9-3-2-4-10(5-9)11(6-14)13(16)12-7-15-8-17-12/h2-5,7-8,11,13,16H,6,14H2,1H3. The summed E-state index contributed by atoms with van der Waals surface area (Å²) >= 11 is 1.46. The Morgan fingerprint density at radius 3 is 2.88 bits per heavy atom. The topological polar surface area (TPSA) is 59.1 Å². The molecular weight excluding hydrogens is 232 g/mol. The molecule has 0 aliphatic carbocycles. The molecule has 0 saturated heterocycles. The molecule has 90 valence electrons. The van der Waals surface area contributed by atoms with E-state index in [1.807, 2.05) is 25.1 Å². The summed E-state index contributed by atoms with van der Waals surface area (Å²) < 4.78 is 0. The van der Waals surface area contributed by atoms with E-state index >= 15 is 0 Å². The van der Waals surface area contributed by atoms with Gasteiger partial charge in [0.15, 0.2) is 0 Å². The molecule has 4 heteroatoms. The molecule has 3 N–H and O–H groups in total. The summed E-state index contributed by atoms with van der Waals surface area (Å²) in [5.41, 5.74) is 9.77. The number of rotatable bonds is 4. The Labute approximate surface area is 105 Å². The molecule has 0 aliphatic heterocycles. The van der Waals surface area contributed by atoms with Gasteiger partial charge in [-0.3, -0.25) is 4.98 Å². The highest BCUT2D eigenvalue weighted by Crippen LogP contribution is 2.32. The second-order valence-corrected chi connectivity index (χ2v) is 5.02. The molecule has 2 aromatic rings. The first-order chi connectivity index (χ1) is 8.22. The number of hydrogen-bond acceptors (Lipinski definition) is 4. The Hall–Kier alpha value is -1.23. The van der Waals surface area contributed by atoms with Crippen molar-refractivity contribution < 1.29 is 5.11 Å². The molecule has 0 radical (unpaired) electrons. The molecule has 0 aliphatic rings. The minimum Gasteiger partial charge on any atom is -0.387 e. The summed E-state index contributed by atoms with van der Waals surface area (Å²) in [6.07, 6.45) is 1.13. The lowest BCUT2D eigenvalue weighted by Gasteiger charge is -2.21. The fourth-order valence-corrected chi connectivity index (χ4v) is 2.59. The molecular formula is C13H16N2OS. The van der Waals surface area contributed by atoms with Gasteiger partial charge >= 0.3 is 0 Å². The monoisotopic (exact) mass is 248 g/mol. The zero-order chi connectivity index (χ0) is 12.3. The van der Waals surface area contributed by atoms with Crippen LogP contribution in [0.4, 0.5) is 0 Å². The van der Waals surface area contributed by atoms with E-state index in [1.54, 1.807) is 11.7 Å². The summed E-state index contributed by atoms with van der Waals surface area (Å²) in [7, 11) is 0. The summed E-state index contributed by atoms with van der Waals surface area (Å²) in [4.78, 5) is 4.85. The van der Waals surface area contributed by atoms with Crippen LogP contribution < -0.4 is 5.73 Å². The number of aliphatic hydroxyl groups is 1. The van der Waals surface area contributed by atoms with E-state index in [1.165, 1.54) is 16.9 Å². The van der Waals surface area contributed by atoms with Crippen LogP contribution in [0, 0.1) is 6.92 Å². The first-order valence-electron chi connectivity index (χ1n) is 5.55. The predicted molar refractivity (Wildman–Crippen MR) is 70.0 cm³/mol. The third kappa shape index (κ3) is 2.72. The van der Waals surface area contributed by atoms with Crippen LogP contribution in [0.3, 0.4) is 0 Å². The molecule has 0 amide bonds. The van der Waals surface area contributed by atoms with Crippen LogP contribution in [0.15, 0.2) is 36.0 Å². The number of hydrogen-bond donors (Lipinski definition) is 2. The fourth-order valence-electron chi connectivity index (χ4n) is 1.92. The molecule has 0 bridgehead atoms. The van der Waals surface area contributed by atoms with Crippen LogP contribution in [0.1, 0.15) is 28.0 Å². The third-order valence-corrected chi connectivity index (χ3v) is 3.69. The smallest absolute Gasteiger partial charge is 0.0978 e. The lowest BCUT2D eigenvalue weighted by atomic mass is 9.92. The minimum absolute atomic E-state index is 0.0738. The van der Waals surface area contributed by atoms with Gasteiger partial charge in [0.25, 0.3) is 0 Å². The highest BCUT2D eigenvalue weighted by Gasteiger charge is 2.22. The Balaban J connectivity index is 2.27. The number of nitrogens with zero attached hydrogens (tertiary/aromatic N) is 1. The van der Waals surface area contributed by atoms with E-state index in [0.29, 0.717) is 6.54 Å². The van der Waals surface area contributed by atoms with E-state index in [9.17, 15) is 5.11 Å². The average Bonchev–Trinajstić information content (AvgIpc) is 2.83. The Bertz CT molecular complexity index is 470. The second-order valence-electron chi connectivity index (χ2n) is 4.10. The van der Waals surface area contributed by atoms with Crippen LogP contribution >= 0.6 is 11.3 Å². The summed E-state index contributed by atoms with van der Waals surface area (Å²) in [6.45, 7) is 2.46. The first-order valence-corrected chi connectivity index (χ1v) is 6.43. The van der Waals surface area contributed by atoms with Crippen molar-refractivity contribution in [3.05, 3.63) is 52.0 Å². The van der Waals surface area contributed by atoms with Gasteiger partial charge in [-0.25, -0.2) is 0 Å². The average molecular weight is 248 g/mol. The summed E-state index contributed by atoms with van der Waals surface area (Å²) in [6, 6.07) is 8.11. The first kappa shape index (κ1) is 12.2. The molecule has 1 aromatic heterocycles. The molecule has 1 aromatic carbocycles. The van der Waals surface area contributed by atoms with Crippen LogP contribution in [0.5, 0.6) is 0 Å². The number of aryl methyl sites for hydroxylation is 1. The van der Waals surface area contributed by atoms with Crippen molar-refractivity contribution >= 4 is 11.3 Å². The maximum absolute atomic E-state index is 10.3. The van der Waals surface area contributed by atoms with Crippen molar-refractivity contribution in [2.45, 2.75) is 18.9 Å². The molecule has 0 spiro atoms. The predicted octanol–water partition coefficient (Wildman–Crippen LogP) is 2.23.